The molecule has 2 aromatic carbocycles. The highest BCUT2D eigenvalue weighted by Crippen LogP contribution is 2.28. The zero-order chi connectivity index (χ0) is 13.1. The Morgan fingerprint density at radius 1 is 0.944 bits per heavy atom. The van der Waals surface area contributed by atoms with Gasteiger partial charge < -0.3 is 5.73 Å². The molecule has 0 fully saturated rings. The van der Waals surface area contributed by atoms with E-state index in [2.05, 4.69) is 0 Å². The van der Waals surface area contributed by atoms with Crippen molar-refractivity contribution in [2.45, 2.75) is 10.6 Å². The third-order valence-corrected chi connectivity index (χ3v) is 3.46. The van der Waals surface area contributed by atoms with Gasteiger partial charge in [0.25, 0.3) is 0 Å². The van der Waals surface area contributed by atoms with Crippen LogP contribution >= 0.6 is 11.8 Å². The summed E-state index contributed by atoms with van der Waals surface area (Å²) in [7, 11) is 0. The smallest absolute Gasteiger partial charge is 0.138 e. The number of rotatable bonds is 3. The number of nitrogen functional groups attached to an aromatic ring is 1. The maximum atomic E-state index is 13.5. The van der Waals surface area contributed by atoms with Crippen LogP contribution in [0.2, 0.25) is 0 Å². The first-order valence-corrected chi connectivity index (χ1v) is 6.17. The minimum absolute atomic E-state index is 0.0271. The van der Waals surface area contributed by atoms with Gasteiger partial charge in [0.1, 0.15) is 17.5 Å². The highest BCUT2D eigenvalue weighted by molar-refractivity contribution is 7.98. The predicted molar refractivity (Wildman–Crippen MR) is 66.7 cm³/mol. The largest absolute Gasteiger partial charge is 0.399 e. The number of halogens is 3. The van der Waals surface area contributed by atoms with Gasteiger partial charge in [0.05, 0.1) is 0 Å². The second-order valence-electron chi connectivity index (χ2n) is 3.68. The number of thioether (sulfide) groups is 1. The number of hydrogen-bond donors (Lipinski definition) is 1. The van der Waals surface area contributed by atoms with E-state index in [1.54, 1.807) is 6.07 Å². The van der Waals surface area contributed by atoms with Gasteiger partial charge in [0.2, 0.25) is 0 Å². The standard InChI is InChI=1S/C13H10F3NS/c14-10-2-1-3-11(15)9(10)7-18-13-5-4-8(17)6-12(13)16/h1-6H,7,17H2. The van der Waals surface area contributed by atoms with Crippen LogP contribution in [0.3, 0.4) is 0 Å². The lowest BCUT2D eigenvalue weighted by atomic mass is 10.2. The van der Waals surface area contributed by atoms with E-state index < -0.39 is 17.5 Å². The summed E-state index contributed by atoms with van der Waals surface area (Å²) < 4.78 is 40.2. The molecule has 2 N–H and O–H groups in total. The Morgan fingerprint density at radius 3 is 2.22 bits per heavy atom. The van der Waals surface area contributed by atoms with Crippen LogP contribution in [0.5, 0.6) is 0 Å². The van der Waals surface area contributed by atoms with Crippen molar-refractivity contribution >= 4 is 17.4 Å². The Kier molecular flexibility index (Phi) is 3.81. The van der Waals surface area contributed by atoms with Crippen LogP contribution in [0.4, 0.5) is 18.9 Å². The zero-order valence-corrected chi connectivity index (χ0v) is 10.1. The fourth-order valence-corrected chi connectivity index (χ4v) is 2.39. The topological polar surface area (TPSA) is 26.0 Å². The molecule has 94 valence electrons. The van der Waals surface area contributed by atoms with Crippen LogP contribution < -0.4 is 5.73 Å². The van der Waals surface area contributed by atoms with Gasteiger partial charge in [-0.25, -0.2) is 13.2 Å². The van der Waals surface area contributed by atoms with Crippen LogP contribution in [-0.4, -0.2) is 0 Å². The molecule has 0 bridgehead atoms. The minimum atomic E-state index is -0.627. The fourth-order valence-electron chi connectivity index (χ4n) is 1.45. The Morgan fingerprint density at radius 2 is 1.61 bits per heavy atom. The number of benzene rings is 2. The molecule has 0 atom stereocenters. The molecule has 2 aromatic rings. The Bertz CT molecular complexity index is 552. The maximum absolute atomic E-state index is 13.5. The van der Waals surface area contributed by atoms with Crippen molar-refractivity contribution in [2.75, 3.05) is 5.73 Å². The van der Waals surface area contributed by atoms with Crippen molar-refractivity contribution in [2.24, 2.45) is 0 Å². The van der Waals surface area contributed by atoms with Crippen LogP contribution in [-0.2, 0) is 5.75 Å². The molecule has 0 amide bonds. The van der Waals surface area contributed by atoms with Gasteiger partial charge in [-0.3, -0.25) is 0 Å². The maximum Gasteiger partial charge on any atom is 0.138 e. The summed E-state index contributed by atoms with van der Waals surface area (Å²) in [5.74, 6) is -1.72. The third kappa shape index (κ3) is 2.79. The minimum Gasteiger partial charge on any atom is -0.399 e. The molecule has 0 aromatic heterocycles. The summed E-state index contributed by atoms with van der Waals surface area (Å²) in [5, 5.41) is 0. The number of hydrogen-bond acceptors (Lipinski definition) is 2. The summed E-state index contributed by atoms with van der Waals surface area (Å²) in [5.41, 5.74) is 5.67. The van der Waals surface area contributed by atoms with Gasteiger partial charge in [-0.05, 0) is 30.3 Å². The monoisotopic (exact) mass is 269 g/mol. The van der Waals surface area contributed by atoms with E-state index in [0.717, 1.165) is 11.8 Å². The van der Waals surface area contributed by atoms with E-state index in [-0.39, 0.29) is 11.3 Å². The molecule has 2 rings (SSSR count). The molecule has 0 saturated carbocycles. The van der Waals surface area contributed by atoms with E-state index in [4.69, 9.17) is 5.73 Å². The van der Waals surface area contributed by atoms with Crippen molar-refractivity contribution in [1.82, 2.24) is 0 Å². The lowest BCUT2D eigenvalue weighted by molar-refractivity contribution is 0.566. The molecular weight excluding hydrogens is 259 g/mol. The third-order valence-electron chi connectivity index (χ3n) is 2.39. The van der Waals surface area contributed by atoms with Gasteiger partial charge in [0.15, 0.2) is 0 Å². The highest BCUT2D eigenvalue weighted by atomic mass is 32.2. The van der Waals surface area contributed by atoms with Gasteiger partial charge in [-0.2, -0.15) is 0 Å². The first-order chi connectivity index (χ1) is 8.58. The van der Waals surface area contributed by atoms with Crippen molar-refractivity contribution in [3.63, 3.8) is 0 Å². The molecule has 0 radical (unpaired) electrons. The molecule has 0 aliphatic heterocycles. The molecule has 18 heavy (non-hydrogen) atoms. The summed E-state index contributed by atoms with van der Waals surface area (Å²) in [6.45, 7) is 0. The summed E-state index contributed by atoms with van der Waals surface area (Å²) in [4.78, 5) is 0.312. The molecule has 0 saturated heterocycles. The van der Waals surface area contributed by atoms with Crippen molar-refractivity contribution in [3.05, 3.63) is 59.4 Å². The number of anilines is 1. The Labute approximate surface area is 107 Å². The van der Waals surface area contributed by atoms with Crippen LogP contribution in [0.15, 0.2) is 41.3 Å². The summed E-state index contributed by atoms with van der Waals surface area (Å²) >= 11 is 1.03. The van der Waals surface area contributed by atoms with Crippen LogP contribution in [0.1, 0.15) is 5.56 Å². The Balaban J connectivity index is 2.16. The summed E-state index contributed by atoms with van der Waals surface area (Å²) in [6.07, 6.45) is 0. The Hall–Kier alpha value is -1.62. The lowest BCUT2D eigenvalue weighted by Gasteiger charge is -2.06. The summed E-state index contributed by atoms with van der Waals surface area (Å²) in [6, 6.07) is 7.87. The molecule has 0 aliphatic rings. The normalized spacial score (nSPS) is 10.6. The van der Waals surface area contributed by atoms with Crippen LogP contribution in [0.25, 0.3) is 0 Å². The van der Waals surface area contributed by atoms with E-state index in [9.17, 15) is 13.2 Å². The first-order valence-electron chi connectivity index (χ1n) is 5.18. The quantitative estimate of drug-likeness (QED) is 0.673. The molecule has 0 unspecified atom stereocenters. The second kappa shape index (κ2) is 5.35. The molecule has 0 aliphatic carbocycles. The van der Waals surface area contributed by atoms with Crippen LogP contribution in [0, 0.1) is 17.5 Å². The van der Waals surface area contributed by atoms with Gasteiger partial charge in [0, 0.05) is 21.9 Å². The predicted octanol–water partition coefficient (Wildman–Crippen LogP) is 3.98. The SMILES string of the molecule is Nc1ccc(SCc2c(F)cccc2F)c(F)c1. The average molecular weight is 269 g/mol. The second-order valence-corrected chi connectivity index (χ2v) is 4.70. The van der Waals surface area contributed by atoms with E-state index in [1.807, 2.05) is 0 Å². The molecule has 1 nitrogen and oxygen atoms in total. The first kappa shape index (κ1) is 12.8. The lowest BCUT2D eigenvalue weighted by Crippen LogP contribution is -1.94. The molecule has 0 spiro atoms. The fraction of sp³-hybridized carbons (Fsp3) is 0.0769. The van der Waals surface area contributed by atoms with E-state index in [0.29, 0.717) is 10.6 Å². The molecule has 5 heteroatoms. The molecule has 0 heterocycles. The van der Waals surface area contributed by atoms with Gasteiger partial charge in [-0.15, -0.1) is 11.8 Å². The number of nitrogens with two attached hydrogens (primary N) is 1. The van der Waals surface area contributed by atoms with Crippen molar-refractivity contribution < 1.29 is 13.2 Å². The highest BCUT2D eigenvalue weighted by Gasteiger charge is 2.10. The van der Waals surface area contributed by atoms with Gasteiger partial charge >= 0.3 is 0 Å². The average Bonchev–Trinajstić information content (AvgIpc) is 2.31. The van der Waals surface area contributed by atoms with E-state index in [1.165, 1.54) is 30.3 Å². The van der Waals surface area contributed by atoms with Crippen molar-refractivity contribution in [1.29, 1.82) is 0 Å². The van der Waals surface area contributed by atoms with Crippen molar-refractivity contribution in [3.8, 4) is 0 Å². The molecular formula is C13H10F3NS. The van der Waals surface area contributed by atoms with E-state index >= 15 is 0 Å². The zero-order valence-electron chi connectivity index (χ0n) is 9.29. The van der Waals surface area contributed by atoms with Gasteiger partial charge in [-0.1, -0.05) is 6.07 Å².